The zero-order chi connectivity index (χ0) is 31.6. The van der Waals surface area contributed by atoms with Crippen LogP contribution in [0.5, 0.6) is 0 Å². The molecule has 1 spiro atoms. The van der Waals surface area contributed by atoms with E-state index in [1.807, 2.05) is 0 Å². The number of fused-ring (bicyclic) bond motifs is 4. The molecular formula is C32H33F2N7O4. The standard InChI is InChI=1S/C32H33F2N7O4/c1-35-22-11-21(33)25(34)23-24-27(41-7-5-32(16-41)4-3-6-40(15-32)8-9-42)19(13-36-29(24)38-26(22)23)17-10-18-28(43)20(31(44)45)14-39(2)30(18)37-12-17/h10-14,35,42H,3-9,15-16H2,1-2H3,(H,36,38)(H,44,45). The summed E-state index contributed by atoms with van der Waals surface area (Å²) < 4.78 is 32.3. The van der Waals surface area contributed by atoms with Crippen LogP contribution in [0, 0.1) is 17.0 Å². The monoisotopic (exact) mass is 617 g/mol. The lowest BCUT2D eigenvalue weighted by Gasteiger charge is -2.40. The molecule has 0 bridgehead atoms. The molecule has 0 aliphatic carbocycles. The van der Waals surface area contributed by atoms with Crippen molar-refractivity contribution in [2.24, 2.45) is 12.5 Å². The lowest BCUT2D eigenvalue weighted by atomic mass is 9.79. The molecule has 7 rings (SSSR count). The van der Waals surface area contributed by atoms with Crippen LogP contribution in [0.15, 0.2) is 35.5 Å². The first-order chi connectivity index (χ1) is 21.6. The molecular weight excluding hydrogens is 584 g/mol. The molecule has 2 saturated heterocycles. The van der Waals surface area contributed by atoms with E-state index in [1.165, 1.54) is 10.8 Å². The van der Waals surface area contributed by atoms with Gasteiger partial charge in [0, 0.05) is 81.5 Å². The van der Waals surface area contributed by atoms with Crippen molar-refractivity contribution in [2.75, 3.05) is 56.6 Å². The van der Waals surface area contributed by atoms with Gasteiger partial charge in [-0.3, -0.25) is 4.79 Å². The number of carboxylic acid groups (broad SMARTS) is 1. The van der Waals surface area contributed by atoms with Crippen LogP contribution in [-0.4, -0.2) is 87.0 Å². The number of carbonyl (C=O) groups is 1. The number of nitrogens with one attached hydrogen (secondary N) is 2. The molecule has 4 aromatic heterocycles. The molecule has 0 radical (unpaired) electrons. The van der Waals surface area contributed by atoms with Crippen molar-refractivity contribution in [1.82, 2.24) is 24.4 Å². The van der Waals surface area contributed by atoms with Crippen molar-refractivity contribution >= 4 is 50.3 Å². The number of hydrogen-bond acceptors (Lipinski definition) is 8. The Balaban J connectivity index is 1.49. The largest absolute Gasteiger partial charge is 0.477 e. The lowest BCUT2D eigenvalue weighted by Crippen LogP contribution is -2.45. The van der Waals surface area contributed by atoms with Crippen LogP contribution in [0.4, 0.5) is 20.2 Å². The summed E-state index contributed by atoms with van der Waals surface area (Å²) in [4.78, 5) is 41.9. The number of aromatic carboxylic acids is 1. The van der Waals surface area contributed by atoms with Crippen molar-refractivity contribution in [2.45, 2.75) is 19.3 Å². The zero-order valence-electron chi connectivity index (χ0n) is 25.0. The van der Waals surface area contributed by atoms with Crippen molar-refractivity contribution in [3.05, 3.63) is 58.1 Å². The summed E-state index contributed by atoms with van der Waals surface area (Å²) in [5, 5.41) is 22.8. The molecule has 5 aromatic rings. The topological polar surface area (TPSA) is 140 Å². The van der Waals surface area contributed by atoms with E-state index in [0.29, 0.717) is 64.3 Å². The number of benzene rings is 1. The number of β-amino-alcohol motifs (C(OH)–C–C–N with tert-alkyl or cyclic N) is 1. The Morgan fingerprint density at radius 2 is 1.96 bits per heavy atom. The molecule has 13 heteroatoms. The number of pyridine rings is 3. The van der Waals surface area contributed by atoms with Gasteiger partial charge in [-0.05, 0) is 31.9 Å². The summed E-state index contributed by atoms with van der Waals surface area (Å²) in [7, 11) is 3.26. The van der Waals surface area contributed by atoms with E-state index in [4.69, 9.17) is 0 Å². The number of hydrogen-bond donors (Lipinski definition) is 4. The third kappa shape index (κ3) is 4.60. The van der Waals surface area contributed by atoms with Gasteiger partial charge in [0.2, 0.25) is 5.43 Å². The van der Waals surface area contributed by atoms with E-state index in [2.05, 4.69) is 30.1 Å². The van der Waals surface area contributed by atoms with Gasteiger partial charge in [-0.15, -0.1) is 0 Å². The molecule has 0 saturated carbocycles. The number of nitrogens with zero attached hydrogens (tertiary/aromatic N) is 5. The molecule has 11 nitrogen and oxygen atoms in total. The Bertz CT molecular complexity index is 2070. The van der Waals surface area contributed by atoms with Gasteiger partial charge in [0.15, 0.2) is 11.6 Å². The quantitative estimate of drug-likeness (QED) is 0.223. The second-order valence-electron chi connectivity index (χ2n) is 12.2. The van der Waals surface area contributed by atoms with E-state index in [0.717, 1.165) is 38.4 Å². The number of aromatic amines is 1. The van der Waals surface area contributed by atoms with Gasteiger partial charge in [-0.1, -0.05) is 0 Å². The molecule has 2 aliphatic heterocycles. The number of aliphatic hydroxyl groups excluding tert-OH is 1. The molecule has 234 valence electrons. The second kappa shape index (κ2) is 10.8. The fraction of sp³-hybridized carbons (Fsp3) is 0.375. The number of H-pyrrole nitrogens is 1. The molecule has 45 heavy (non-hydrogen) atoms. The number of carboxylic acids is 1. The number of aryl methyl sites for hydroxylation is 1. The highest BCUT2D eigenvalue weighted by atomic mass is 19.2. The van der Waals surface area contributed by atoms with Crippen molar-refractivity contribution in [1.29, 1.82) is 0 Å². The van der Waals surface area contributed by atoms with Crippen LogP contribution < -0.4 is 15.6 Å². The third-order valence-electron chi connectivity index (χ3n) is 9.50. The minimum absolute atomic E-state index is 0.0553. The molecule has 0 amide bonds. The van der Waals surface area contributed by atoms with E-state index in [1.54, 1.807) is 32.6 Å². The molecule has 1 unspecified atom stereocenters. The van der Waals surface area contributed by atoms with Crippen molar-refractivity contribution in [3.8, 4) is 11.1 Å². The average Bonchev–Trinajstić information content (AvgIpc) is 3.62. The van der Waals surface area contributed by atoms with Gasteiger partial charge >= 0.3 is 5.97 Å². The Labute approximate surface area is 256 Å². The first-order valence-corrected chi connectivity index (χ1v) is 15.0. The Kier molecular flexibility index (Phi) is 6.97. The summed E-state index contributed by atoms with van der Waals surface area (Å²) in [6, 6.07) is 2.71. The van der Waals surface area contributed by atoms with E-state index < -0.39 is 23.0 Å². The average molecular weight is 618 g/mol. The summed E-state index contributed by atoms with van der Waals surface area (Å²) in [6.07, 6.45) is 7.34. The van der Waals surface area contributed by atoms with Gasteiger partial charge in [0.05, 0.1) is 39.7 Å². The number of likely N-dealkylation sites (tertiary alicyclic amines) is 1. The third-order valence-corrected chi connectivity index (χ3v) is 9.50. The number of piperidine rings is 1. The highest BCUT2D eigenvalue weighted by molar-refractivity contribution is 6.18. The summed E-state index contributed by atoms with van der Waals surface area (Å²) >= 11 is 0. The van der Waals surface area contributed by atoms with Gasteiger partial charge in [-0.25, -0.2) is 23.5 Å². The second-order valence-corrected chi connectivity index (χ2v) is 12.2. The van der Waals surface area contributed by atoms with Crippen molar-refractivity contribution < 1.29 is 23.8 Å². The van der Waals surface area contributed by atoms with Gasteiger partial charge in [0.1, 0.15) is 16.9 Å². The SMILES string of the molecule is CNc1cc(F)c(F)c2c1[nH]c1ncc(-c3cnc4c(c3)c(=O)c(C(=O)O)cn4C)c(N3CCC4(CCCN(CCO)C4)C3)c12. The van der Waals surface area contributed by atoms with Crippen LogP contribution in [0.3, 0.4) is 0 Å². The van der Waals surface area contributed by atoms with E-state index >= 15 is 8.78 Å². The fourth-order valence-corrected chi connectivity index (χ4v) is 7.44. The first kappa shape index (κ1) is 29.1. The summed E-state index contributed by atoms with van der Waals surface area (Å²) in [5.74, 6) is -3.33. The van der Waals surface area contributed by atoms with Crippen LogP contribution >= 0.6 is 0 Å². The zero-order valence-corrected chi connectivity index (χ0v) is 25.0. The summed E-state index contributed by atoms with van der Waals surface area (Å²) in [6.45, 7) is 3.72. The predicted octanol–water partition coefficient (Wildman–Crippen LogP) is 3.93. The maximum Gasteiger partial charge on any atom is 0.341 e. The maximum absolute atomic E-state index is 15.8. The smallest absolute Gasteiger partial charge is 0.341 e. The fourth-order valence-electron chi connectivity index (χ4n) is 7.44. The summed E-state index contributed by atoms with van der Waals surface area (Å²) in [5.41, 5.74) is 2.08. The highest BCUT2D eigenvalue weighted by Gasteiger charge is 2.42. The molecule has 1 aromatic carbocycles. The number of halogens is 2. The van der Waals surface area contributed by atoms with Gasteiger partial charge in [-0.2, -0.15) is 0 Å². The Morgan fingerprint density at radius 3 is 2.71 bits per heavy atom. The van der Waals surface area contributed by atoms with Gasteiger partial charge in [0.25, 0.3) is 0 Å². The molecule has 6 heterocycles. The normalized spacial score (nSPS) is 19.0. The minimum Gasteiger partial charge on any atom is -0.477 e. The van der Waals surface area contributed by atoms with Crippen molar-refractivity contribution in [3.63, 3.8) is 0 Å². The number of aromatic nitrogens is 4. The first-order valence-electron chi connectivity index (χ1n) is 15.0. The molecule has 2 fully saturated rings. The molecule has 1 atom stereocenters. The van der Waals surface area contributed by atoms with Crippen LogP contribution in [0.1, 0.15) is 29.6 Å². The Morgan fingerprint density at radius 1 is 1.13 bits per heavy atom. The maximum atomic E-state index is 15.8. The van der Waals surface area contributed by atoms with Gasteiger partial charge < -0.3 is 34.9 Å². The molecule has 2 aliphatic rings. The number of aliphatic hydroxyl groups is 1. The number of rotatable bonds is 6. The highest BCUT2D eigenvalue weighted by Crippen LogP contribution is 2.48. The van der Waals surface area contributed by atoms with E-state index in [-0.39, 0.29) is 28.4 Å². The lowest BCUT2D eigenvalue weighted by molar-refractivity contribution is 0.0694. The predicted molar refractivity (Wildman–Crippen MR) is 168 cm³/mol. The Hall–Kier alpha value is -4.62. The molecule has 4 N–H and O–H groups in total. The number of anilines is 2. The van der Waals surface area contributed by atoms with Crippen LogP contribution in [0.25, 0.3) is 44.1 Å². The van der Waals surface area contributed by atoms with Crippen LogP contribution in [-0.2, 0) is 7.05 Å². The van der Waals surface area contributed by atoms with Crippen LogP contribution in [0.2, 0.25) is 0 Å². The van der Waals surface area contributed by atoms with E-state index in [9.17, 15) is 19.8 Å². The minimum atomic E-state index is -1.34.